The molecule has 1 aromatic rings. The van der Waals surface area contributed by atoms with Crippen molar-refractivity contribution < 1.29 is 13.7 Å². The van der Waals surface area contributed by atoms with Crippen LogP contribution in [0.1, 0.15) is 19.3 Å². The second kappa shape index (κ2) is 5.92. The molecule has 0 aromatic heterocycles. The van der Waals surface area contributed by atoms with Crippen molar-refractivity contribution in [2.45, 2.75) is 25.3 Å². The topological polar surface area (TPSA) is 67.2 Å². The Morgan fingerprint density at radius 3 is 2.89 bits per heavy atom. The van der Waals surface area contributed by atoms with Crippen LogP contribution in [0.5, 0.6) is 0 Å². The lowest BCUT2D eigenvalue weighted by atomic mass is 10.1. The van der Waals surface area contributed by atoms with Crippen molar-refractivity contribution >= 4 is 11.4 Å². The molecular weight excluding hydrogens is 256 g/mol. The molecule has 1 aromatic carbocycles. The van der Waals surface area contributed by atoms with E-state index in [0.29, 0.717) is 18.7 Å². The van der Waals surface area contributed by atoms with E-state index in [4.69, 9.17) is 0 Å². The Labute approximate surface area is 109 Å². The van der Waals surface area contributed by atoms with Crippen molar-refractivity contribution in [1.82, 2.24) is 5.32 Å². The predicted molar refractivity (Wildman–Crippen MR) is 67.1 cm³/mol. The molecule has 0 radical (unpaired) electrons. The van der Waals surface area contributed by atoms with Crippen molar-refractivity contribution in [3.05, 3.63) is 33.9 Å². The second-order valence-corrected chi connectivity index (χ2v) is 4.55. The van der Waals surface area contributed by atoms with Crippen LogP contribution in [0.3, 0.4) is 0 Å². The molecule has 1 saturated heterocycles. The van der Waals surface area contributed by atoms with E-state index in [2.05, 4.69) is 10.6 Å². The number of nitro groups is 1. The maximum Gasteiger partial charge on any atom is 0.327 e. The number of nitrogens with zero attached hydrogens (tertiary/aromatic N) is 1. The first-order valence-corrected chi connectivity index (χ1v) is 6.18. The molecular formula is C12H15F2N3O2. The highest BCUT2D eigenvalue weighted by molar-refractivity contribution is 5.62. The third-order valence-corrected chi connectivity index (χ3v) is 3.18. The van der Waals surface area contributed by atoms with Crippen molar-refractivity contribution in [3.63, 3.8) is 0 Å². The van der Waals surface area contributed by atoms with Gasteiger partial charge in [-0.1, -0.05) is 0 Å². The van der Waals surface area contributed by atoms with E-state index in [9.17, 15) is 18.9 Å². The Morgan fingerprint density at radius 1 is 1.47 bits per heavy atom. The minimum Gasteiger partial charge on any atom is -0.379 e. The van der Waals surface area contributed by atoms with Gasteiger partial charge in [0.05, 0.1) is 4.92 Å². The first-order chi connectivity index (χ1) is 9.08. The molecule has 7 heteroatoms. The van der Waals surface area contributed by atoms with Crippen LogP contribution in [0.15, 0.2) is 12.1 Å². The number of rotatable bonds is 5. The zero-order valence-electron chi connectivity index (χ0n) is 10.3. The summed E-state index contributed by atoms with van der Waals surface area (Å²) in [4.78, 5) is 9.92. The molecule has 0 unspecified atom stereocenters. The Kier molecular flexibility index (Phi) is 4.26. The molecule has 1 fully saturated rings. The highest BCUT2D eigenvalue weighted by Gasteiger charge is 2.22. The van der Waals surface area contributed by atoms with Gasteiger partial charge in [0.15, 0.2) is 0 Å². The summed E-state index contributed by atoms with van der Waals surface area (Å²) in [5.41, 5.74) is -0.818. The molecule has 0 aliphatic carbocycles. The highest BCUT2D eigenvalue weighted by Crippen LogP contribution is 2.28. The van der Waals surface area contributed by atoms with E-state index in [1.54, 1.807) is 0 Å². The average molecular weight is 271 g/mol. The summed E-state index contributed by atoms with van der Waals surface area (Å²) in [5, 5.41) is 16.8. The SMILES string of the molecule is O=[N+]([O-])c1c(F)cc(F)cc1NCC[C@@H]1CCCN1. The van der Waals surface area contributed by atoms with E-state index >= 15 is 0 Å². The Bertz CT molecular complexity index is 476. The third-order valence-electron chi connectivity index (χ3n) is 3.18. The first kappa shape index (κ1) is 13.7. The Hall–Kier alpha value is -1.76. The van der Waals surface area contributed by atoms with Crippen LogP contribution < -0.4 is 10.6 Å². The fourth-order valence-electron chi connectivity index (χ4n) is 2.27. The zero-order chi connectivity index (χ0) is 13.8. The normalized spacial score (nSPS) is 18.5. The number of hydrogen-bond donors (Lipinski definition) is 2. The van der Waals surface area contributed by atoms with E-state index in [-0.39, 0.29) is 5.69 Å². The number of anilines is 1. The summed E-state index contributed by atoms with van der Waals surface area (Å²) in [6, 6.07) is 1.83. The number of nitro benzene ring substituents is 1. The minimum atomic E-state index is -1.16. The summed E-state index contributed by atoms with van der Waals surface area (Å²) >= 11 is 0. The maximum absolute atomic E-state index is 13.4. The standard InChI is InChI=1S/C12H15F2N3O2/c13-8-6-10(14)12(17(18)19)11(7-8)16-5-3-9-2-1-4-15-9/h6-7,9,15-16H,1-5H2/t9-/m0/s1. The van der Waals surface area contributed by atoms with Crippen LogP contribution in [0.4, 0.5) is 20.2 Å². The molecule has 1 aliphatic rings. The number of halogens is 2. The molecule has 0 bridgehead atoms. The molecule has 104 valence electrons. The fourth-order valence-corrected chi connectivity index (χ4v) is 2.27. The van der Waals surface area contributed by atoms with Gasteiger partial charge in [0, 0.05) is 24.7 Å². The van der Waals surface area contributed by atoms with E-state index < -0.39 is 22.2 Å². The quantitative estimate of drug-likeness (QED) is 0.637. The van der Waals surface area contributed by atoms with Crippen LogP contribution in [0, 0.1) is 21.7 Å². The number of hydrogen-bond acceptors (Lipinski definition) is 4. The van der Waals surface area contributed by atoms with Crippen molar-refractivity contribution in [1.29, 1.82) is 0 Å². The lowest BCUT2D eigenvalue weighted by Crippen LogP contribution is -2.24. The minimum absolute atomic E-state index is 0.111. The average Bonchev–Trinajstić information content (AvgIpc) is 2.80. The first-order valence-electron chi connectivity index (χ1n) is 6.18. The van der Waals surface area contributed by atoms with Gasteiger partial charge in [0.1, 0.15) is 11.5 Å². The highest BCUT2D eigenvalue weighted by atomic mass is 19.1. The van der Waals surface area contributed by atoms with Gasteiger partial charge >= 0.3 is 5.69 Å². The van der Waals surface area contributed by atoms with Gasteiger partial charge in [0.25, 0.3) is 0 Å². The third kappa shape index (κ3) is 3.37. The molecule has 0 spiro atoms. The molecule has 2 rings (SSSR count). The Morgan fingerprint density at radius 2 is 2.26 bits per heavy atom. The van der Waals surface area contributed by atoms with Gasteiger partial charge in [-0.25, -0.2) is 4.39 Å². The summed E-state index contributed by atoms with van der Waals surface area (Å²) in [6.45, 7) is 1.40. The smallest absolute Gasteiger partial charge is 0.327 e. The van der Waals surface area contributed by atoms with Crippen molar-refractivity contribution in [3.8, 4) is 0 Å². The molecule has 0 amide bonds. The molecule has 2 N–H and O–H groups in total. The van der Waals surface area contributed by atoms with Crippen LogP contribution in [0.25, 0.3) is 0 Å². The van der Waals surface area contributed by atoms with Gasteiger partial charge in [-0.05, 0) is 25.8 Å². The molecule has 1 atom stereocenters. The second-order valence-electron chi connectivity index (χ2n) is 4.55. The lowest BCUT2D eigenvalue weighted by Gasteiger charge is -2.12. The van der Waals surface area contributed by atoms with Gasteiger partial charge in [-0.15, -0.1) is 0 Å². The van der Waals surface area contributed by atoms with Gasteiger partial charge in [0.2, 0.25) is 5.82 Å². The number of nitrogens with one attached hydrogen (secondary N) is 2. The molecule has 1 heterocycles. The maximum atomic E-state index is 13.4. The van der Waals surface area contributed by atoms with E-state index in [1.807, 2.05) is 0 Å². The van der Waals surface area contributed by atoms with E-state index in [0.717, 1.165) is 31.9 Å². The van der Waals surface area contributed by atoms with E-state index in [1.165, 1.54) is 0 Å². The Balaban J connectivity index is 2.03. The monoisotopic (exact) mass is 271 g/mol. The molecule has 19 heavy (non-hydrogen) atoms. The van der Waals surface area contributed by atoms with Crippen molar-refractivity contribution in [2.24, 2.45) is 0 Å². The van der Waals surface area contributed by atoms with Crippen molar-refractivity contribution in [2.75, 3.05) is 18.4 Å². The van der Waals surface area contributed by atoms with Gasteiger partial charge in [-0.3, -0.25) is 10.1 Å². The fraction of sp³-hybridized carbons (Fsp3) is 0.500. The van der Waals surface area contributed by atoms with Gasteiger partial charge in [-0.2, -0.15) is 4.39 Å². The summed E-state index contributed by atoms with van der Waals surface area (Å²) in [7, 11) is 0. The zero-order valence-corrected chi connectivity index (χ0v) is 10.3. The number of benzene rings is 1. The van der Waals surface area contributed by atoms with Gasteiger partial charge < -0.3 is 10.6 Å². The van der Waals surface area contributed by atoms with Crippen LogP contribution in [0.2, 0.25) is 0 Å². The van der Waals surface area contributed by atoms with Crippen LogP contribution in [-0.2, 0) is 0 Å². The summed E-state index contributed by atoms with van der Waals surface area (Å²) in [6.07, 6.45) is 2.93. The predicted octanol–water partition coefficient (Wildman–Crippen LogP) is 2.43. The summed E-state index contributed by atoms with van der Waals surface area (Å²) in [5.74, 6) is -1.99. The largest absolute Gasteiger partial charge is 0.379 e. The summed E-state index contributed by atoms with van der Waals surface area (Å²) < 4.78 is 26.4. The van der Waals surface area contributed by atoms with Crippen LogP contribution >= 0.6 is 0 Å². The molecule has 1 aliphatic heterocycles. The molecule has 0 saturated carbocycles. The van der Waals surface area contributed by atoms with Crippen LogP contribution in [-0.4, -0.2) is 24.1 Å². The molecule has 5 nitrogen and oxygen atoms in total. The lowest BCUT2D eigenvalue weighted by molar-refractivity contribution is -0.386.